The number of rotatable bonds is 4. The highest BCUT2D eigenvalue weighted by Crippen LogP contribution is 2.36. The van der Waals surface area contributed by atoms with Crippen LogP contribution in [0, 0.1) is 11.7 Å². The van der Waals surface area contributed by atoms with E-state index in [1.165, 1.54) is 17.7 Å². The van der Waals surface area contributed by atoms with Gasteiger partial charge in [0.2, 0.25) is 0 Å². The van der Waals surface area contributed by atoms with Crippen molar-refractivity contribution in [2.45, 2.75) is 31.4 Å². The van der Waals surface area contributed by atoms with Gasteiger partial charge in [0.1, 0.15) is 11.9 Å². The van der Waals surface area contributed by atoms with E-state index in [2.05, 4.69) is 12.1 Å². The maximum atomic E-state index is 13.5. The molecule has 4 nitrogen and oxygen atoms in total. The van der Waals surface area contributed by atoms with E-state index in [4.69, 9.17) is 9.47 Å². The highest BCUT2D eigenvalue weighted by Gasteiger charge is 2.37. The van der Waals surface area contributed by atoms with Crippen molar-refractivity contribution in [3.05, 3.63) is 71.0 Å². The van der Waals surface area contributed by atoms with Gasteiger partial charge >= 0.3 is 0 Å². The quantitative estimate of drug-likeness (QED) is 0.807. The topological polar surface area (TPSA) is 38.8 Å². The number of carbonyl (C=O) groups is 1. The molecule has 0 bridgehead atoms. The number of nitrogens with zero attached hydrogens (tertiary/aromatic N) is 1. The van der Waals surface area contributed by atoms with Crippen LogP contribution in [0.5, 0.6) is 0 Å². The molecule has 3 atom stereocenters. The average Bonchev–Trinajstić information content (AvgIpc) is 2.74. The predicted octanol–water partition coefficient (Wildman–Crippen LogP) is 3.74. The molecule has 2 aromatic carbocycles. The number of halogens is 1. The van der Waals surface area contributed by atoms with Crippen LogP contribution in [0.2, 0.25) is 0 Å². The molecule has 28 heavy (non-hydrogen) atoms. The Labute approximate surface area is 165 Å². The Morgan fingerprint density at radius 3 is 2.68 bits per heavy atom. The number of carbonyl (C=O) groups excluding carboxylic acids is 1. The van der Waals surface area contributed by atoms with Gasteiger partial charge in [0, 0.05) is 19.6 Å². The number of ether oxygens (including phenoxy) is 2. The maximum Gasteiger partial charge on any atom is 0.252 e. The molecule has 4 rings (SSSR count). The van der Waals surface area contributed by atoms with E-state index in [-0.39, 0.29) is 17.8 Å². The largest absolute Gasteiger partial charge is 0.384 e. The molecule has 0 N–H and O–H groups in total. The second-order valence-corrected chi connectivity index (χ2v) is 7.66. The van der Waals surface area contributed by atoms with E-state index < -0.39 is 6.10 Å². The van der Waals surface area contributed by atoms with Crippen LogP contribution >= 0.6 is 0 Å². The van der Waals surface area contributed by atoms with Gasteiger partial charge in [-0.3, -0.25) is 4.79 Å². The summed E-state index contributed by atoms with van der Waals surface area (Å²) in [5.74, 6) is 0.106. The molecule has 0 aromatic heterocycles. The maximum absolute atomic E-state index is 13.5. The molecule has 2 aliphatic heterocycles. The number of benzene rings is 2. The van der Waals surface area contributed by atoms with Crippen molar-refractivity contribution in [1.29, 1.82) is 0 Å². The van der Waals surface area contributed by atoms with Gasteiger partial charge in [0.25, 0.3) is 5.91 Å². The Bertz CT molecular complexity index is 815. The summed E-state index contributed by atoms with van der Waals surface area (Å²) in [6.45, 7) is 1.85. The van der Waals surface area contributed by atoms with Crippen molar-refractivity contribution in [1.82, 2.24) is 4.90 Å². The number of hydrogen-bond donors (Lipinski definition) is 0. The zero-order valence-electron chi connectivity index (χ0n) is 16.1. The van der Waals surface area contributed by atoms with E-state index in [1.54, 1.807) is 19.2 Å². The summed E-state index contributed by atoms with van der Waals surface area (Å²) < 4.78 is 24.6. The molecule has 1 amide bonds. The molecule has 2 aromatic rings. The van der Waals surface area contributed by atoms with Gasteiger partial charge in [-0.15, -0.1) is 0 Å². The van der Waals surface area contributed by atoms with Gasteiger partial charge in [0.15, 0.2) is 0 Å². The first kappa shape index (κ1) is 19.1. The van der Waals surface area contributed by atoms with E-state index in [1.807, 2.05) is 17.0 Å². The summed E-state index contributed by atoms with van der Waals surface area (Å²) in [6.07, 6.45) is 2.04. The number of amides is 1. The average molecular weight is 383 g/mol. The minimum Gasteiger partial charge on any atom is -0.384 e. The van der Waals surface area contributed by atoms with Gasteiger partial charge in [-0.2, -0.15) is 0 Å². The van der Waals surface area contributed by atoms with Gasteiger partial charge < -0.3 is 14.4 Å². The lowest BCUT2D eigenvalue weighted by Gasteiger charge is -2.40. The highest BCUT2D eigenvalue weighted by molar-refractivity contribution is 5.82. The summed E-state index contributed by atoms with van der Waals surface area (Å²) in [6, 6.07) is 14.5. The van der Waals surface area contributed by atoms with E-state index >= 15 is 0 Å². The van der Waals surface area contributed by atoms with E-state index in [0.717, 1.165) is 24.0 Å². The van der Waals surface area contributed by atoms with E-state index in [9.17, 15) is 9.18 Å². The molecule has 1 unspecified atom stereocenters. The summed E-state index contributed by atoms with van der Waals surface area (Å²) in [5.41, 5.74) is 3.28. The molecular weight excluding hydrogens is 357 g/mol. The van der Waals surface area contributed by atoms with Gasteiger partial charge in [-0.1, -0.05) is 36.4 Å². The summed E-state index contributed by atoms with van der Waals surface area (Å²) in [5, 5.41) is 0. The third-order valence-corrected chi connectivity index (χ3v) is 5.80. The zero-order chi connectivity index (χ0) is 19.5. The van der Waals surface area contributed by atoms with Gasteiger partial charge in [0.05, 0.1) is 19.3 Å². The fraction of sp³-hybridized carbons (Fsp3) is 0.435. The van der Waals surface area contributed by atoms with Crippen molar-refractivity contribution in [3.8, 4) is 0 Å². The van der Waals surface area contributed by atoms with E-state index in [0.29, 0.717) is 32.1 Å². The predicted molar refractivity (Wildman–Crippen MR) is 104 cm³/mol. The Morgan fingerprint density at radius 2 is 1.96 bits per heavy atom. The van der Waals surface area contributed by atoms with Crippen LogP contribution in [0.1, 0.15) is 35.6 Å². The smallest absolute Gasteiger partial charge is 0.252 e. The lowest BCUT2D eigenvalue weighted by atomic mass is 9.87. The molecule has 1 saturated heterocycles. The van der Waals surface area contributed by atoms with Crippen LogP contribution < -0.4 is 0 Å². The summed E-state index contributed by atoms with van der Waals surface area (Å²) >= 11 is 0. The first-order valence-electron chi connectivity index (χ1n) is 9.91. The molecule has 5 heteroatoms. The third kappa shape index (κ3) is 3.82. The minimum absolute atomic E-state index is 0.0275. The molecule has 2 heterocycles. The molecule has 0 radical (unpaired) electrons. The van der Waals surface area contributed by atoms with Crippen molar-refractivity contribution < 1.29 is 18.7 Å². The lowest BCUT2D eigenvalue weighted by Crippen LogP contribution is -2.48. The van der Waals surface area contributed by atoms with Gasteiger partial charge in [-0.25, -0.2) is 4.39 Å². The van der Waals surface area contributed by atoms with Gasteiger partial charge in [-0.05, 0) is 48.1 Å². The monoisotopic (exact) mass is 383 g/mol. The Balaban J connectivity index is 1.60. The highest BCUT2D eigenvalue weighted by atomic mass is 19.1. The first-order valence-corrected chi connectivity index (χ1v) is 9.91. The van der Waals surface area contributed by atoms with Crippen LogP contribution in [0.25, 0.3) is 0 Å². The van der Waals surface area contributed by atoms with Crippen molar-refractivity contribution in [2.24, 2.45) is 5.92 Å². The van der Waals surface area contributed by atoms with Crippen LogP contribution in [0.4, 0.5) is 4.39 Å². The van der Waals surface area contributed by atoms with Crippen LogP contribution in [-0.2, 0) is 20.7 Å². The fourth-order valence-electron chi connectivity index (χ4n) is 4.36. The van der Waals surface area contributed by atoms with Crippen molar-refractivity contribution in [2.75, 3.05) is 26.9 Å². The summed E-state index contributed by atoms with van der Waals surface area (Å²) in [7, 11) is 1.69. The number of fused-ring (bicyclic) bond motifs is 1. The standard InChI is InChI=1S/C23H26FNO3/c1-27-14-16-6-11-21(28-15-16)23(26)25-13-12-17-4-2-3-5-20(17)22(25)18-7-9-19(24)10-8-18/h2-5,7-10,16,21-22H,6,11-15H2,1H3/t16?,21-,22+/m1/s1. The lowest BCUT2D eigenvalue weighted by molar-refractivity contribution is -0.151. The summed E-state index contributed by atoms with van der Waals surface area (Å²) in [4.78, 5) is 15.3. The van der Waals surface area contributed by atoms with Crippen molar-refractivity contribution >= 4 is 5.91 Å². The second kappa shape index (κ2) is 8.41. The molecule has 0 saturated carbocycles. The van der Waals surface area contributed by atoms with Crippen molar-refractivity contribution in [3.63, 3.8) is 0 Å². The van der Waals surface area contributed by atoms with Crippen LogP contribution in [0.3, 0.4) is 0 Å². The SMILES string of the molecule is COCC1CC[C@H](C(=O)N2CCc3ccccc3[C@@H]2c2ccc(F)cc2)OC1. The number of methoxy groups -OCH3 is 1. The Morgan fingerprint density at radius 1 is 1.18 bits per heavy atom. The Kier molecular flexibility index (Phi) is 5.74. The zero-order valence-corrected chi connectivity index (χ0v) is 16.1. The molecule has 2 aliphatic rings. The van der Waals surface area contributed by atoms with Crippen LogP contribution in [-0.4, -0.2) is 43.8 Å². The molecule has 0 aliphatic carbocycles. The number of hydrogen-bond acceptors (Lipinski definition) is 3. The molecular formula is C23H26FNO3. The molecule has 0 spiro atoms. The Hall–Kier alpha value is -2.24. The third-order valence-electron chi connectivity index (χ3n) is 5.80. The molecule has 1 fully saturated rings. The second-order valence-electron chi connectivity index (χ2n) is 7.66. The molecule has 148 valence electrons. The first-order chi connectivity index (χ1) is 13.7. The normalized spacial score (nSPS) is 24.6. The van der Waals surface area contributed by atoms with Crippen LogP contribution in [0.15, 0.2) is 48.5 Å². The fourth-order valence-corrected chi connectivity index (χ4v) is 4.36. The minimum atomic E-state index is -0.415.